The number of rotatable bonds is 5. The molecule has 3 nitrogen and oxygen atoms in total. The zero-order valence-electron chi connectivity index (χ0n) is 10.6. The zero-order chi connectivity index (χ0) is 12.8. The topological polar surface area (TPSA) is 55.1 Å². The van der Waals surface area contributed by atoms with E-state index in [1.807, 2.05) is 37.7 Å². The first-order chi connectivity index (χ1) is 8.04. The number of aryl methyl sites for hydroxylation is 1. The quantitative estimate of drug-likeness (QED) is 0.791. The van der Waals surface area contributed by atoms with E-state index in [4.69, 9.17) is 5.73 Å². The van der Waals surface area contributed by atoms with Crippen molar-refractivity contribution >= 4 is 23.4 Å². The number of hydrogen-bond donors (Lipinski definition) is 2. The van der Waals surface area contributed by atoms with Gasteiger partial charge in [-0.25, -0.2) is 0 Å². The largest absolute Gasteiger partial charge is 0.398 e. The van der Waals surface area contributed by atoms with Crippen LogP contribution >= 0.6 is 11.8 Å². The number of amides is 1. The van der Waals surface area contributed by atoms with E-state index >= 15 is 0 Å². The number of nitrogens with one attached hydrogen (secondary N) is 1. The molecule has 0 aliphatic carbocycles. The summed E-state index contributed by atoms with van der Waals surface area (Å²) >= 11 is 1.81. The highest BCUT2D eigenvalue weighted by Crippen LogP contribution is 2.14. The number of anilines is 1. The normalized spacial score (nSPS) is 12.2. The Morgan fingerprint density at radius 1 is 1.53 bits per heavy atom. The highest BCUT2D eigenvalue weighted by molar-refractivity contribution is 7.99. The van der Waals surface area contributed by atoms with E-state index in [2.05, 4.69) is 12.2 Å². The minimum atomic E-state index is -0.0910. The smallest absolute Gasteiger partial charge is 0.253 e. The maximum absolute atomic E-state index is 12.0. The Bertz CT molecular complexity index is 393. The molecule has 17 heavy (non-hydrogen) atoms. The van der Waals surface area contributed by atoms with Crippen LogP contribution in [0.25, 0.3) is 0 Å². The van der Waals surface area contributed by atoms with E-state index in [1.165, 1.54) is 0 Å². The van der Waals surface area contributed by atoms with Crippen LogP contribution < -0.4 is 11.1 Å². The summed E-state index contributed by atoms with van der Waals surface area (Å²) in [6.45, 7) is 6.07. The van der Waals surface area contributed by atoms with Crippen LogP contribution in [0.4, 0.5) is 5.69 Å². The lowest BCUT2D eigenvalue weighted by atomic mass is 10.1. The van der Waals surface area contributed by atoms with Crippen molar-refractivity contribution in [1.29, 1.82) is 0 Å². The van der Waals surface area contributed by atoms with Gasteiger partial charge in [0, 0.05) is 17.5 Å². The van der Waals surface area contributed by atoms with Crippen molar-refractivity contribution in [3.05, 3.63) is 29.3 Å². The molecule has 0 aliphatic rings. The van der Waals surface area contributed by atoms with Gasteiger partial charge in [0.25, 0.3) is 5.91 Å². The molecule has 0 bridgehead atoms. The van der Waals surface area contributed by atoms with Gasteiger partial charge in [-0.15, -0.1) is 0 Å². The summed E-state index contributed by atoms with van der Waals surface area (Å²) in [6, 6.07) is 5.66. The summed E-state index contributed by atoms with van der Waals surface area (Å²) in [5, 5.41) is 2.95. The molecule has 0 saturated carbocycles. The van der Waals surface area contributed by atoms with Crippen LogP contribution in [0.5, 0.6) is 0 Å². The first-order valence-corrected chi connectivity index (χ1v) is 6.94. The summed E-state index contributed by atoms with van der Waals surface area (Å²) in [5.41, 5.74) is 7.99. The third-order valence-electron chi connectivity index (χ3n) is 2.40. The third-order valence-corrected chi connectivity index (χ3v) is 3.55. The number of nitrogens with two attached hydrogens (primary N) is 1. The average molecular weight is 252 g/mol. The van der Waals surface area contributed by atoms with Crippen molar-refractivity contribution in [3.63, 3.8) is 0 Å². The van der Waals surface area contributed by atoms with Gasteiger partial charge in [0.15, 0.2) is 0 Å². The molecule has 0 fully saturated rings. The van der Waals surface area contributed by atoms with Gasteiger partial charge in [-0.1, -0.05) is 13.0 Å². The molecule has 1 amide bonds. The lowest BCUT2D eigenvalue weighted by molar-refractivity contribution is 0.0944. The van der Waals surface area contributed by atoms with Crippen molar-refractivity contribution < 1.29 is 4.79 Å². The highest BCUT2D eigenvalue weighted by atomic mass is 32.2. The van der Waals surface area contributed by atoms with E-state index < -0.39 is 0 Å². The second-order valence-corrected chi connectivity index (χ2v) is 5.44. The molecule has 0 aliphatic heterocycles. The molecule has 1 unspecified atom stereocenters. The van der Waals surface area contributed by atoms with E-state index in [-0.39, 0.29) is 11.9 Å². The van der Waals surface area contributed by atoms with Gasteiger partial charge in [0.2, 0.25) is 0 Å². The Morgan fingerprint density at radius 2 is 2.24 bits per heavy atom. The highest BCUT2D eigenvalue weighted by Gasteiger charge is 2.12. The number of benzene rings is 1. The van der Waals surface area contributed by atoms with Crippen molar-refractivity contribution in [1.82, 2.24) is 5.32 Å². The van der Waals surface area contributed by atoms with E-state index in [0.29, 0.717) is 11.3 Å². The lowest BCUT2D eigenvalue weighted by Gasteiger charge is -2.14. The Hall–Kier alpha value is -1.16. The molecule has 1 aromatic carbocycles. The maximum Gasteiger partial charge on any atom is 0.253 e. The van der Waals surface area contributed by atoms with Crippen molar-refractivity contribution in [3.8, 4) is 0 Å². The van der Waals surface area contributed by atoms with Gasteiger partial charge in [0.1, 0.15) is 0 Å². The van der Waals surface area contributed by atoms with Gasteiger partial charge in [0.05, 0.1) is 5.56 Å². The Labute approximate surface area is 107 Å². The van der Waals surface area contributed by atoms with Gasteiger partial charge in [-0.3, -0.25) is 4.79 Å². The van der Waals surface area contributed by atoms with Crippen LogP contribution in [0.1, 0.15) is 29.8 Å². The van der Waals surface area contributed by atoms with Crippen LogP contribution in [-0.2, 0) is 0 Å². The van der Waals surface area contributed by atoms with E-state index in [9.17, 15) is 4.79 Å². The molecule has 1 aromatic rings. The number of carbonyl (C=O) groups is 1. The summed E-state index contributed by atoms with van der Waals surface area (Å²) in [7, 11) is 0. The summed E-state index contributed by atoms with van der Waals surface area (Å²) in [4.78, 5) is 12.0. The molecular weight excluding hydrogens is 232 g/mol. The maximum atomic E-state index is 12.0. The number of thioether (sulfide) groups is 1. The number of carbonyl (C=O) groups excluding carboxylic acids is 1. The number of hydrogen-bond acceptors (Lipinski definition) is 3. The average Bonchev–Trinajstić information content (AvgIpc) is 2.26. The van der Waals surface area contributed by atoms with E-state index in [1.54, 1.807) is 6.07 Å². The fourth-order valence-electron chi connectivity index (χ4n) is 1.53. The first kappa shape index (κ1) is 13.9. The Balaban J connectivity index is 2.63. The second kappa shape index (κ2) is 6.55. The molecule has 0 spiro atoms. The van der Waals surface area contributed by atoms with Crippen LogP contribution in [0.3, 0.4) is 0 Å². The molecule has 0 radical (unpaired) electrons. The summed E-state index contributed by atoms with van der Waals surface area (Å²) in [5.74, 6) is 1.90. The van der Waals surface area contributed by atoms with Crippen LogP contribution in [-0.4, -0.2) is 23.5 Å². The van der Waals surface area contributed by atoms with Crippen molar-refractivity contribution in [2.24, 2.45) is 0 Å². The first-order valence-electron chi connectivity index (χ1n) is 5.79. The Kier molecular flexibility index (Phi) is 5.35. The molecule has 1 rings (SSSR count). The molecule has 94 valence electrons. The molecule has 0 aromatic heterocycles. The van der Waals surface area contributed by atoms with Gasteiger partial charge in [-0.05, 0) is 37.3 Å². The molecule has 3 N–H and O–H groups in total. The van der Waals surface area contributed by atoms with Gasteiger partial charge < -0.3 is 11.1 Å². The monoisotopic (exact) mass is 252 g/mol. The fourth-order valence-corrected chi connectivity index (χ4v) is 2.20. The summed E-state index contributed by atoms with van der Waals surface area (Å²) in [6.07, 6.45) is 0. The van der Waals surface area contributed by atoms with Crippen LogP contribution in [0.2, 0.25) is 0 Å². The molecule has 4 heteroatoms. The van der Waals surface area contributed by atoms with Crippen molar-refractivity contribution in [2.45, 2.75) is 26.8 Å². The van der Waals surface area contributed by atoms with Gasteiger partial charge >= 0.3 is 0 Å². The minimum absolute atomic E-state index is 0.0910. The minimum Gasteiger partial charge on any atom is -0.398 e. The second-order valence-electron chi connectivity index (χ2n) is 4.12. The van der Waals surface area contributed by atoms with Crippen LogP contribution in [0.15, 0.2) is 18.2 Å². The zero-order valence-corrected chi connectivity index (χ0v) is 11.4. The SMILES string of the molecule is CCSCC(C)NC(=O)c1ccc(C)cc1N. The van der Waals surface area contributed by atoms with E-state index in [0.717, 1.165) is 17.1 Å². The standard InChI is InChI=1S/C13H20N2OS/c1-4-17-8-10(3)15-13(16)11-6-5-9(2)7-12(11)14/h5-7,10H,4,8,14H2,1-3H3,(H,15,16). The molecule has 0 saturated heterocycles. The Morgan fingerprint density at radius 3 is 2.82 bits per heavy atom. The van der Waals surface area contributed by atoms with Gasteiger partial charge in [-0.2, -0.15) is 11.8 Å². The fraction of sp³-hybridized carbons (Fsp3) is 0.462. The third kappa shape index (κ3) is 4.30. The lowest BCUT2D eigenvalue weighted by Crippen LogP contribution is -2.34. The summed E-state index contributed by atoms with van der Waals surface area (Å²) < 4.78 is 0. The molecule has 1 atom stereocenters. The predicted molar refractivity (Wildman–Crippen MR) is 75.5 cm³/mol. The number of nitrogen functional groups attached to an aromatic ring is 1. The van der Waals surface area contributed by atoms with Crippen LogP contribution in [0, 0.1) is 6.92 Å². The van der Waals surface area contributed by atoms with Crippen molar-refractivity contribution in [2.75, 3.05) is 17.2 Å². The predicted octanol–water partition coefficient (Wildman–Crippen LogP) is 2.45. The molecule has 0 heterocycles. The molecular formula is C13H20N2OS.